The zero-order chi connectivity index (χ0) is 15.6. The van der Waals surface area contributed by atoms with E-state index in [1.54, 1.807) is 6.08 Å². The zero-order valence-corrected chi connectivity index (χ0v) is 14.7. The van der Waals surface area contributed by atoms with Crippen molar-refractivity contribution < 1.29 is 18.7 Å². The third kappa shape index (κ3) is 4.81. The van der Waals surface area contributed by atoms with E-state index in [-0.39, 0.29) is 16.9 Å². The predicted octanol–water partition coefficient (Wildman–Crippen LogP) is 3.28. The Morgan fingerprint density at radius 2 is 1.95 bits per heavy atom. The number of hydrogen-bond donors (Lipinski definition) is 0. The van der Waals surface area contributed by atoms with Gasteiger partial charge in [0.2, 0.25) is 0 Å². The van der Waals surface area contributed by atoms with Gasteiger partial charge >= 0.3 is 0 Å². The third-order valence-electron chi connectivity index (χ3n) is 3.84. The van der Waals surface area contributed by atoms with Crippen LogP contribution < -0.4 is 0 Å². The average molecular weight is 300 g/mol. The topological polar surface area (TPSA) is 44.8 Å². The lowest BCUT2D eigenvalue weighted by atomic mass is 10.2. The Morgan fingerprint density at radius 1 is 1.35 bits per heavy atom. The molecule has 0 aliphatic carbocycles. The van der Waals surface area contributed by atoms with Crippen molar-refractivity contribution in [2.24, 2.45) is 0 Å². The highest BCUT2D eigenvalue weighted by atomic mass is 28.4. The summed E-state index contributed by atoms with van der Waals surface area (Å²) in [5, 5.41) is 0.119. The first kappa shape index (κ1) is 17.6. The maximum absolute atomic E-state index is 11.9. The fourth-order valence-electron chi connectivity index (χ4n) is 1.52. The van der Waals surface area contributed by atoms with Crippen molar-refractivity contribution in [3.8, 4) is 0 Å². The van der Waals surface area contributed by atoms with Gasteiger partial charge in [-0.1, -0.05) is 20.8 Å². The van der Waals surface area contributed by atoms with E-state index in [1.807, 2.05) is 13.8 Å². The first-order chi connectivity index (χ1) is 9.03. The molecular weight excluding hydrogens is 272 g/mol. The summed E-state index contributed by atoms with van der Waals surface area (Å²) in [6.07, 6.45) is 2.24. The van der Waals surface area contributed by atoms with Crippen LogP contribution in [0.2, 0.25) is 18.1 Å². The number of ketones is 1. The molecule has 1 aliphatic rings. The number of hydrogen-bond acceptors (Lipinski definition) is 4. The van der Waals surface area contributed by atoms with Gasteiger partial charge < -0.3 is 13.9 Å². The molecule has 0 aromatic carbocycles. The van der Waals surface area contributed by atoms with Crippen LogP contribution in [0.5, 0.6) is 0 Å². The van der Waals surface area contributed by atoms with Gasteiger partial charge in [-0.15, -0.1) is 0 Å². The molecule has 0 amide bonds. The van der Waals surface area contributed by atoms with E-state index in [4.69, 9.17) is 13.9 Å². The van der Waals surface area contributed by atoms with E-state index in [9.17, 15) is 4.79 Å². The molecule has 0 saturated heterocycles. The highest BCUT2D eigenvalue weighted by Crippen LogP contribution is 2.36. The predicted molar refractivity (Wildman–Crippen MR) is 82.2 cm³/mol. The van der Waals surface area contributed by atoms with Crippen LogP contribution >= 0.6 is 0 Å². The molecule has 0 aromatic rings. The normalized spacial score (nSPS) is 24.5. The van der Waals surface area contributed by atoms with E-state index < -0.39 is 20.7 Å². The minimum absolute atomic E-state index is 0.0488. The number of carbonyl (C=O) groups excluding carboxylic acids is 1. The van der Waals surface area contributed by atoms with Crippen molar-refractivity contribution in [1.29, 1.82) is 0 Å². The van der Waals surface area contributed by atoms with Gasteiger partial charge in [0.1, 0.15) is 6.10 Å². The Hall–Kier alpha value is -0.493. The summed E-state index contributed by atoms with van der Waals surface area (Å²) in [6, 6.07) is 0. The fourth-order valence-corrected chi connectivity index (χ4v) is 2.52. The summed E-state index contributed by atoms with van der Waals surface area (Å²) in [7, 11) is -1.87. The summed E-state index contributed by atoms with van der Waals surface area (Å²) in [5.74, 6) is -0.0488. The molecule has 0 spiro atoms. The van der Waals surface area contributed by atoms with Crippen LogP contribution in [0.15, 0.2) is 12.2 Å². The maximum Gasteiger partial charge on any atom is 0.192 e. The Balaban J connectivity index is 2.60. The standard InChI is InChI=1S/C15H28O4Si/c1-11(2)18-14-9-8-12(16)13(19-14)10-17-20(6,7)15(3,4)5/h8-9,11,13-14H,10H2,1-7H3/t13-,14+/m1/s1. The van der Waals surface area contributed by atoms with E-state index in [0.29, 0.717) is 6.61 Å². The molecule has 0 N–H and O–H groups in total. The SMILES string of the molecule is CC(C)O[C@@H]1C=CC(=O)[C@@H](CO[Si](C)(C)C(C)(C)C)O1. The van der Waals surface area contributed by atoms with Crippen LogP contribution in [0.25, 0.3) is 0 Å². The van der Waals surface area contributed by atoms with Crippen LogP contribution in [-0.2, 0) is 18.7 Å². The van der Waals surface area contributed by atoms with Gasteiger partial charge in [-0.25, -0.2) is 0 Å². The second-order valence-corrected chi connectivity index (χ2v) is 11.8. The molecule has 2 atom stereocenters. The Morgan fingerprint density at radius 3 is 2.45 bits per heavy atom. The van der Waals surface area contributed by atoms with Crippen molar-refractivity contribution in [2.45, 2.75) is 71.2 Å². The van der Waals surface area contributed by atoms with Crippen molar-refractivity contribution in [1.82, 2.24) is 0 Å². The van der Waals surface area contributed by atoms with Crippen LogP contribution in [-0.4, -0.2) is 39.2 Å². The van der Waals surface area contributed by atoms with Crippen LogP contribution in [0.1, 0.15) is 34.6 Å². The summed E-state index contributed by atoms with van der Waals surface area (Å²) in [6.45, 7) is 15.0. The summed E-state index contributed by atoms with van der Waals surface area (Å²) in [5.41, 5.74) is 0. The van der Waals surface area contributed by atoms with Gasteiger partial charge in [-0.2, -0.15) is 0 Å². The number of ether oxygens (including phenoxy) is 2. The Labute approximate surface area is 123 Å². The monoisotopic (exact) mass is 300 g/mol. The van der Waals surface area contributed by atoms with Gasteiger partial charge in [0.05, 0.1) is 12.7 Å². The molecule has 1 heterocycles. The quantitative estimate of drug-likeness (QED) is 0.731. The van der Waals surface area contributed by atoms with Crippen molar-refractivity contribution in [2.75, 3.05) is 6.61 Å². The second-order valence-electron chi connectivity index (χ2n) is 7.01. The molecule has 0 bridgehead atoms. The molecule has 0 fully saturated rings. The first-order valence-corrected chi connectivity index (χ1v) is 10.1. The summed E-state index contributed by atoms with van der Waals surface area (Å²) < 4.78 is 17.3. The molecule has 0 aromatic heterocycles. The Kier molecular flexibility index (Phi) is 5.72. The molecule has 1 aliphatic heterocycles. The van der Waals surface area contributed by atoms with Crippen molar-refractivity contribution in [3.05, 3.63) is 12.2 Å². The van der Waals surface area contributed by atoms with Gasteiger partial charge in [0.25, 0.3) is 0 Å². The number of carbonyl (C=O) groups is 1. The first-order valence-electron chi connectivity index (χ1n) is 7.20. The van der Waals surface area contributed by atoms with Gasteiger partial charge in [-0.3, -0.25) is 4.79 Å². The molecule has 5 heteroatoms. The lowest BCUT2D eigenvalue weighted by molar-refractivity contribution is -0.178. The maximum atomic E-state index is 11.9. The van der Waals surface area contributed by atoms with Crippen molar-refractivity contribution >= 4 is 14.1 Å². The van der Waals surface area contributed by atoms with E-state index in [2.05, 4.69) is 33.9 Å². The van der Waals surface area contributed by atoms with Crippen molar-refractivity contribution in [3.63, 3.8) is 0 Å². The van der Waals surface area contributed by atoms with E-state index in [1.165, 1.54) is 6.08 Å². The highest BCUT2D eigenvalue weighted by Gasteiger charge is 2.38. The van der Waals surface area contributed by atoms with E-state index in [0.717, 1.165) is 0 Å². The fraction of sp³-hybridized carbons (Fsp3) is 0.800. The highest BCUT2D eigenvalue weighted by molar-refractivity contribution is 6.74. The molecule has 20 heavy (non-hydrogen) atoms. The van der Waals surface area contributed by atoms with E-state index >= 15 is 0 Å². The second kappa shape index (κ2) is 6.51. The molecule has 1 rings (SSSR count). The number of rotatable bonds is 5. The molecule has 0 radical (unpaired) electrons. The zero-order valence-electron chi connectivity index (χ0n) is 13.7. The smallest absolute Gasteiger partial charge is 0.192 e. The molecule has 4 nitrogen and oxygen atoms in total. The lowest BCUT2D eigenvalue weighted by Gasteiger charge is -2.37. The van der Waals surface area contributed by atoms with Gasteiger partial charge in [0.15, 0.2) is 20.4 Å². The third-order valence-corrected chi connectivity index (χ3v) is 8.34. The largest absolute Gasteiger partial charge is 0.414 e. The Bertz CT molecular complexity index is 369. The lowest BCUT2D eigenvalue weighted by Crippen LogP contribution is -2.45. The average Bonchev–Trinajstić information content (AvgIpc) is 2.27. The summed E-state index contributed by atoms with van der Waals surface area (Å²) >= 11 is 0. The van der Waals surface area contributed by atoms with Gasteiger partial charge in [-0.05, 0) is 44.1 Å². The molecule has 0 unspecified atom stereocenters. The van der Waals surface area contributed by atoms with Gasteiger partial charge in [0, 0.05) is 0 Å². The molecule has 0 saturated carbocycles. The van der Waals surface area contributed by atoms with Crippen LogP contribution in [0.3, 0.4) is 0 Å². The van der Waals surface area contributed by atoms with Crippen LogP contribution in [0.4, 0.5) is 0 Å². The minimum Gasteiger partial charge on any atom is -0.414 e. The van der Waals surface area contributed by atoms with Crippen LogP contribution in [0, 0.1) is 0 Å². The molecule has 116 valence electrons. The minimum atomic E-state index is -1.87. The summed E-state index contributed by atoms with van der Waals surface area (Å²) in [4.78, 5) is 11.9. The molecular formula is C15H28O4Si.